The van der Waals surface area contributed by atoms with Crippen LogP contribution in [0.25, 0.3) is 11.3 Å². The summed E-state index contributed by atoms with van der Waals surface area (Å²) in [6.07, 6.45) is 4.11. The lowest BCUT2D eigenvalue weighted by Crippen LogP contribution is -2.48. The monoisotopic (exact) mass is 415 g/mol. The molecule has 0 saturated carbocycles. The minimum Gasteiger partial charge on any atom is -0.343 e. The van der Waals surface area contributed by atoms with Crippen molar-refractivity contribution in [2.45, 2.75) is 30.7 Å². The molecule has 3 fully saturated rings. The van der Waals surface area contributed by atoms with Crippen LogP contribution in [0.4, 0.5) is 0 Å². The summed E-state index contributed by atoms with van der Waals surface area (Å²) in [5.74, 6) is -0.112. The number of carbonyl (C=O) groups is 2. The molecule has 2 amide bonds. The van der Waals surface area contributed by atoms with E-state index in [1.807, 2.05) is 47.4 Å². The number of aromatic amines is 1. The molecule has 3 aromatic rings. The lowest BCUT2D eigenvalue weighted by Gasteiger charge is -2.31. The van der Waals surface area contributed by atoms with E-state index >= 15 is 0 Å². The minimum atomic E-state index is -0.735. The second-order valence-corrected chi connectivity index (χ2v) is 8.24. The van der Waals surface area contributed by atoms with Gasteiger partial charge in [0, 0.05) is 30.9 Å². The molecular weight excluding hydrogens is 394 g/mol. The highest BCUT2D eigenvalue weighted by atomic mass is 16.5. The first-order valence-corrected chi connectivity index (χ1v) is 10.5. The first kappa shape index (κ1) is 18.3. The van der Waals surface area contributed by atoms with Gasteiger partial charge in [0.2, 0.25) is 5.91 Å². The van der Waals surface area contributed by atoms with Crippen molar-refractivity contribution in [3.05, 3.63) is 72.2 Å². The predicted molar refractivity (Wildman–Crippen MR) is 111 cm³/mol. The summed E-state index contributed by atoms with van der Waals surface area (Å²) < 4.78 is 6.52. The molecule has 3 saturated heterocycles. The number of ether oxygens (including phenoxy) is 1. The van der Waals surface area contributed by atoms with Crippen molar-refractivity contribution >= 4 is 11.8 Å². The Balaban J connectivity index is 1.27. The average Bonchev–Trinajstić information content (AvgIpc) is 3.56. The van der Waals surface area contributed by atoms with Gasteiger partial charge in [0.1, 0.15) is 11.8 Å². The molecule has 0 aliphatic carbocycles. The van der Waals surface area contributed by atoms with Gasteiger partial charge in [0.05, 0.1) is 24.7 Å². The van der Waals surface area contributed by atoms with E-state index in [9.17, 15) is 9.59 Å². The molecular formula is C23H21N5O3. The lowest BCUT2D eigenvalue weighted by atomic mass is 10.1. The number of rotatable bonds is 3. The Morgan fingerprint density at radius 3 is 2.77 bits per heavy atom. The van der Waals surface area contributed by atoms with E-state index in [0.29, 0.717) is 37.3 Å². The summed E-state index contributed by atoms with van der Waals surface area (Å²) in [7, 11) is 0. The number of aromatic nitrogens is 3. The summed E-state index contributed by atoms with van der Waals surface area (Å²) in [6, 6.07) is 15.1. The number of amides is 2. The van der Waals surface area contributed by atoms with Crippen LogP contribution in [-0.4, -0.2) is 61.7 Å². The van der Waals surface area contributed by atoms with Gasteiger partial charge in [-0.3, -0.25) is 19.7 Å². The number of hydrogen-bond donors (Lipinski definition) is 1. The maximum Gasteiger partial charge on any atom is 0.272 e. The van der Waals surface area contributed by atoms with Crippen molar-refractivity contribution in [1.82, 2.24) is 25.0 Å². The zero-order valence-corrected chi connectivity index (χ0v) is 16.8. The first-order valence-electron chi connectivity index (χ1n) is 10.5. The van der Waals surface area contributed by atoms with Gasteiger partial charge in [-0.2, -0.15) is 5.10 Å². The predicted octanol–water partition coefficient (Wildman–Crippen LogP) is 2.39. The molecule has 1 N–H and O–H groups in total. The third kappa shape index (κ3) is 2.71. The molecule has 6 rings (SSSR count). The Hall–Kier alpha value is -3.52. The van der Waals surface area contributed by atoms with Gasteiger partial charge in [-0.15, -0.1) is 0 Å². The van der Waals surface area contributed by atoms with Crippen LogP contribution in [0.5, 0.6) is 0 Å². The van der Waals surface area contributed by atoms with Crippen LogP contribution in [0, 0.1) is 0 Å². The van der Waals surface area contributed by atoms with E-state index in [1.165, 1.54) is 0 Å². The molecule has 31 heavy (non-hydrogen) atoms. The molecule has 3 aliphatic rings. The van der Waals surface area contributed by atoms with Crippen molar-refractivity contribution in [2.75, 3.05) is 13.1 Å². The maximum atomic E-state index is 13.3. The van der Waals surface area contributed by atoms with Gasteiger partial charge in [0.15, 0.2) is 5.72 Å². The lowest BCUT2D eigenvalue weighted by molar-refractivity contribution is -0.138. The molecule has 0 unspecified atom stereocenters. The second-order valence-electron chi connectivity index (χ2n) is 8.24. The van der Waals surface area contributed by atoms with Crippen LogP contribution < -0.4 is 0 Å². The largest absolute Gasteiger partial charge is 0.343 e. The van der Waals surface area contributed by atoms with Crippen LogP contribution in [0.3, 0.4) is 0 Å². The highest BCUT2D eigenvalue weighted by molar-refractivity contribution is 5.95. The topological polar surface area (TPSA) is 91.4 Å². The van der Waals surface area contributed by atoms with E-state index in [0.717, 1.165) is 11.1 Å². The van der Waals surface area contributed by atoms with Crippen molar-refractivity contribution in [3.8, 4) is 11.3 Å². The molecule has 3 atom stereocenters. The third-order valence-electron chi connectivity index (χ3n) is 6.65. The normalized spacial score (nSPS) is 26.9. The SMILES string of the molecule is O=C(c1cc(-c2ccncc2)n[nH]1)N1CC[C@@]23O[C@H](c4ccccc4)CN2C(=O)C[C@@H]13. The van der Waals surface area contributed by atoms with Crippen molar-refractivity contribution < 1.29 is 14.3 Å². The fourth-order valence-corrected chi connectivity index (χ4v) is 5.17. The Kier molecular flexibility index (Phi) is 3.97. The smallest absolute Gasteiger partial charge is 0.272 e. The van der Waals surface area contributed by atoms with Gasteiger partial charge >= 0.3 is 0 Å². The fourth-order valence-electron chi connectivity index (χ4n) is 5.17. The van der Waals surface area contributed by atoms with Crippen LogP contribution >= 0.6 is 0 Å². The molecule has 8 heteroatoms. The quantitative estimate of drug-likeness (QED) is 0.709. The minimum absolute atomic E-state index is 0.0445. The molecule has 1 spiro atoms. The number of benzene rings is 1. The second kappa shape index (κ2) is 6.75. The fraction of sp³-hybridized carbons (Fsp3) is 0.304. The Bertz CT molecular complexity index is 1150. The number of carbonyl (C=O) groups excluding carboxylic acids is 2. The van der Waals surface area contributed by atoms with Crippen LogP contribution in [0.1, 0.15) is 35.0 Å². The summed E-state index contributed by atoms with van der Waals surface area (Å²) >= 11 is 0. The number of pyridine rings is 1. The molecule has 0 bridgehead atoms. The highest BCUT2D eigenvalue weighted by Gasteiger charge is 2.65. The number of H-pyrrole nitrogens is 1. The molecule has 3 aliphatic heterocycles. The maximum absolute atomic E-state index is 13.3. The van der Waals surface area contributed by atoms with E-state index in [4.69, 9.17) is 4.74 Å². The third-order valence-corrected chi connectivity index (χ3v) is 6.65. The van der Waals surface area contributed by atoms with Gasteiger partial charge < -0.3 is 14.5 Å². The van der Waals surface area contributed by atoms with E-state index in [2.05, 4.69) is 15.2 Å². The molecule has 156 valence electrons. The summed E-state index contributed by atoms with van der Waals surface area (Å²) in [4.78, 5) is 33.8. The van der Waals surface area contributed by atoms with Crippen molar-refractivity contribution in [2.24, 2.45) is 0 Å². The van der Waals surface area contributed by atoms with Crippen LogP contribution in [-0.2, 0) is 9.53 Å². The zero-order valence-electron chi connectivity index (χ0n) is 16.8. The Labute approximate surface area is 178 Å². The van der Waals surface area contributed by atoms with Crippen molar-refractivity contribution in [3.63, 3.8) is 0 Å². The molecule has 2 aromatic heterocycles. The van der Waals surface area contributed by atoms with Gasteiger partial charge in [0.25, 0.3) is 5.91 Å². The molecule has 1 aromatic carbocycles. The van der Waals surface area contributed by atoms with Crippen LogP contribution in [0.2, 0.25) is 0 Å². The number of nitrogens with zero attached hydrogens (tertiary/aromatic N) is 4. The van der Waals surface area contributed by atoms with Crippen molar-refractivity contribution in [1.29, 1.82) is 0 Å². The zero-order chi connectivity index (χ0) is 21.0. The first-order chi connectivity index (χ1) is 15.2. The highest BCUT2D eigenvalue weighted by Crippen LogP contribution is 2.50. The van der Waals surface area contributed by atoms with Crippen LogP contribution in [0.15, 0.2) is 60.9 Å². The summed E-state index contributed by atoms with van der Waals surface area (Å²) in [6.45, 7) is 1.07. The molecule has 8 nitrogen and oxygen atoms in total. The summed E-state index contributed by atoms with van der Waals surface area (Å²) in [5, 5.41) is 7.15. The number of hydrogen-bond acceptors (Lipinski definition) is 5. The average molecular weight is 415 g/mol. The standard InChI is InChI=1S/C23H21N5O3/c29-21-13-20-23(28(21)14-19(31-23)16-4-2-1-3-5-16)8-11-27(20)22(30)18-12-17(25-26-18)15-6-9-24-10-7-15/h1-7,9-10,12,19-20H,8,11,13-14H2,(H,25,26)/t19-,20+,23-/m0/s1. The number of nitrogens with one attached hydrogen (secondary N) is 1. The van der Waals surface area contributed by atoms with E-state index in [1.54, 1.807) is 23.4 Å². The summed E-state index contributed by atoms with van der Waals surface area (Å²) in [5.41, 5.74) is 2.30. The van der Waals surface area contributed by atoms with Gasteiger partial charge in [-0.1, -0.05) is 30.3 Å². The van der Waals surface area contributed by atoms with E-state index < -0.39 is 5.72 Å². The Morgan fingerprint density at radius 2 is 1.97 bits per heavy atom. The Morgan fingerprint density at radius 1 is 1.16 bits per heavy atom. The number of likely N-dealkylation sites (tertiary alicyclic amines) is 1. The van der Waals surface area contributed by atoms with Gasteiger partial charge in [-0.05, 0) is 23.8 Å². The van der Waals surface area contributed by atoms with Gasteiger partial charge in [-0.25, -0.2) is 0 Å². The molecule has 5 heterocycles. The van der Waals surface area contributed by atoms with E-state index in [-0.39, 0.29) is 24.0 Å². The molecule has 0 radical (unpaired) electrons.